The molecule has 1 atom stereocenters. The molecule has 0 bridgehead atoms. The lowest BCUT2D eigenvalue weighted by Crippen LogP contribution is -2.22. The Balaban J connectivity index is 1.75. The van der Waals surface area contributed by atoms with Gasteiger partial charge in [-0.3, -0.25) is 9.59 Å². The Morgan fingerprint density at radius 3 is 2.44 bits per heavy atom. The van der Waals surface area contributed by atoms with Gasteiger partial charge in [-0.15, -0.1) is 0 Å². The average molecular weight is 479 g/mol. The fraction of sp³-hybridized carbons (Fsp3) is 0.154. The largest absolute Gasteiger partial charge is 0.507 e. The number of carbonyl (C=O) groups excluding carboxylic acids is 1. The molecule has 0 amide bonds. The minimum absolute atomic E-state index is 0.00891. The number of hydrogen-bond acceptors (Lipinski definition) is 7. The van der Waals surface area contributed by atoms with Crippen molar-refractivity contribution >= 4 is 28.5 Å². The van der Waals surface area contributed by atoms with Crippen molar-refractivity contribution in [2.45, 2.75) is 12.3 Å². The van der Waals surface area contributed by atoms with Gasteiger partial charge in [0.1, 0.15) is 28.7 Å². The van der Waals surface area contributed by atoms with E-state index in [4.69, 9.17) is 30.2 Å². The molecule has 1 aliphatic rings. The first-order valence-electron chi connectivity index (χ1n) is 10.4. The molecule has 8 heteroatoms. The Morgan fingerprint density at radius 1 is 1.00 bits per heavy atom. The summed E-state index contributed by atoms with van der Waals surface area (Å²) in [6, 6.07) is 13.3. The zero-order valence-corrected chi connectivity index (χ0v) is 19.0. The molecule has 1 N–H and O–H groups in total. The van der Waals surface area contributed by atoms with E-state index in [0.717, 1.165) is 5.56 Å². The maximum atomic E-state index is 13.4. The smallest absolute Gasteiger partial charge is 0.312 e. The number of rotatable bonds is 4. The SMILES string of the molecule is COc1ccc([C@@H]2CC(=O)Oc3cc(O)c4c(=O)c(-c5ccc(Cl)cc5)coc4c32)cc1OC. The Bertz CT molecular complexity index is 1490. The van der Waals surface area contributed by atoms with Gasteiger partial charge in [0.05, 0.1) is 26.2 Å². The van der Waals surface area contributed by atoms with E-state index in [0.29, 0.717) is 27.6 Å². The van der Waals surface area contributed by atoms with Gasteiger partial charge in [-0.2, -0.15) is 0 Å². The summed E-state index contributed by atoms with van der Waals surface area (Å²) in [6.45, 7) is 0. The van der Waals surface area contributed by atoms with Crippen LogP contribution in [0.5, 0.6) is 23.0 Å². The van der Waals surface area contributed by atoms with Gasteiger partial charge in [-0.25, -0.2) is 0 Å². The number of halogens is 1. The van der Waals surface area contributed by atoms with E-state index in [-0.39, 0.29) is 34.5 Å². The summed E-state index contributed by atoms with van der Waals surface area (Å²) in [4.78, 5) is 25.8. The molecule has 34 heavy (non-hydrogen) atoms. The molecule has 172 valence electrons. The highest BCUT2D eigenvalue weighted by Crippen LogP contribution is 2.46. The average Bonchev–Trinajstić information content (AvgIpc) is 2.83. The molecule has 0 fully saturated rings. The van der Waals surface area contributed by atoms with Crippen LogP contribution in [0, 0.1) is 0 Å². The van der Waals surface area contributed by atoms with Gasteiger partial charge in [-0.1, -0.05) is 29.8 Å². The van der Waals surface area contributed by atoms with E-state index >= 15 is 0 Å². The van der Waals surface area contributed by atoms with Gasteiger partial charge in [0.25, 0.3) is 0 Å². The fourth-order valence-corrected chi connectivity index (χ4v) is 4.44. The highest BCUT2D eigenvalue weighted by Gasteiger charge is 2.34. The molecule has 0 aliphatic carbocycles. The van der Waals surface area contributed by atoms with Crippen LogP contribution in [-0.2, 0) is 4.79 Å². The van der Waals surface area contributed by atoms with Crippen LogP contribution in [-0.4, -0.2) is 25.3 Å². The van der Waals surface area contributed by atoms with E-state index in [1.807, 2.05) is 6.07 Å². The van der Waals surface area contributed by atoms with Gasteiger partial charge in [0.15, 0.2) is 11.5 Å². The number of phenols is 1. The molecule has 0 spiro atoms. The number of methoxy groups -OCH3 is 2. The van der Waals surface area contributed by atoms with Crippen LogP contribution in [0.25, 0.3) is 22.1 Å². The quantitative estimate of drug-likeness (QED) is 0.315. The third kappa shape index (κ3) is 3.54. The minimum Gasteiger partial charge on any atom is -0.507 e. The van der Waals surface area contributed by atoms with Crippen LogP contribution in [0.3, 0.4) is 0 Å². The zero-order chi connectivity index (χ0) is 24.0. The summed E-state index contributed by atoms with van der Waals surface area (Å²) < 4.78 is 22.1. The zero-order valence-electron chi connectivity index (χ0n) is 18.3. The molecule has 5 rings (SSSR count). The molecular weight excluding hydrogens is 460 g/mol. The van der Waals surface area contributed by atoms with Gasteiger partial charge in [-0.05, 0) is 35.4 Å². The summed E-state index contributed by atoms with van der Waals surface area (Å²) in [7, 11) is 3.06. The number of fused-ring (bicyclic) bond motifs is 3. The second-order valence-electron chi connectivity index (χ2n) is 7.84. The molecular formula is C26H19ClO7. The van der Waals surface area contributed by atoms with Crippen molar-refractivity contribution in [3.63, 3.8) is 0 Å². The van der Waals surface area contributed by atoms with Crippen LogP contribution in [0.1, 0.15) is 23.5 Å². The van der Waals surface area contributed by atoms with Gasteiger partial charge < -0.3 is 23.7 Å². The third-order valence-corrected chi connectivity index (χ3v) is 6.19. The molecule has 7 nitrogen and oxygen atoms in total. The molecule has 2 heterocycles. The Kier molecular flexibility index (Phi) is 5.42. The van der Waals surface area contributed by atoms with Crippen LogP contribution >= 0.6 is 11.6 Å². The lowest BCUT2D eigenvalue weighted by molar-refractivity contribution is -0.135. The summed E-state index contributed by atoms with van der Waals surface area (Å²) >= 11 is 5.97. The van der Waals surface area contributed by atoms with E-state index in [9.17, 15) is 14.7 Å². The first-order valence-corrected chi connectivity index (χ1v) is 10.8. The highest BCUT2D eigenvalue weighted by atomic mass is 35.5. The van der Waals surface area contributed by atoms with E-state index in [1.165, 1.54) is 26.5 Å². The van der Waals surface area contributed by atoms with Crippen molar-refractivity contribution in [1.29, 1.82) is 0 Å². The van der Waals surface area contributed by atoms with Crippen LogP contribution in [0.2, 0.25) is 5.02 Å². The normalized spacial score (nSPS) is 15.0. The van der Waals surface area contributed by atoms with Crippen molar-refractivity contribution in [2.75, 3.05) is 14.2 Å². The molecule has 4 aromatic rings. The Hall–Kier alpha value is -3.97. The number of phenolic OH excluding ortho intramolecular Hbond substituents is 1. The van der Waals surface area contributed by atoms with E-state index in [2.05, 4.69) is 0 Å². The fourth-order valence-electron chi connectivity index (χ4n) is 4.31. The number of ether oxygens (including phenoxy) is 3. The third-order valence-electron chi connectivity index (χ3n) is 5.94. The number of benzene rings is 3. The minimum atomic E-state index is -0.497. The van der Waals surface area contributed by atoms with Gasteiger partial charge in [0, 0.05) is 22.6 Å². The molecule has 0 radical (unpaired) electrons. The standard InChI is InChI=1S/C26H19ClO7/c1-31-19-8-5-14(9-20(19)32-2)16-10-22(29)34-21-11-18(28)24-25(30)17(12-33-26(24)23(16)21)13-3-6-15(27)7-4-13/h3-9,11-12,16,28H,10H2,1-2H3/t16-/m0/s1. The predicted octanol–water partition coefficient (Wildman–Crippen LogP) is 5.28. The summed E-state index contributed by atoms with van der Waals surface area (Å²) in [5, 5.41) is 11.2. The summed E-state index contributed by atoms with van der Waals surface area (Å²) in [5.74, 6) is -0.119. The molecule has 1 aliphatic heterocycles. The monoisotopic (exact) mass is 478 g/mol. The molecule has 0 saturated carbocycles. The Labute approximate surface area is 199 Å². The van der Waals surface area contributed by atoms with E-state index in [1.54, 1.807) is 36.4 Å². The van der Waals surface area contributed by atoms with Crippen molar-refractivity contribution < 1.29 is 28.5 Å². The maximum absolute atomic E-state index is 13.4. The molecule has 0 saturated heterocycles. The first-order chi connectivity index (χ1) is 16.4. The number of hydrogen-bond donors (Lipinski definition) is 1. The van der Waals surface area contributed by atoms with Crippen molar-refractivity contribution in [2.24, 2.45) is 0 Å². The van der Waals surface area contributed by atoms with Crippen LogP contribution in [0.15, 0.2) is 64.0 Å². The number of aromatic hydroxyl groups is 1. The lowest BCUT2D eigenvalue weighted by Gasteiger charge is -2.26. The summed E-state index contributed by atoms with van der Waals surface area (Å²) in [6.07, 6.45) is 1.36. The van der Waals surface area contributed by atoms with Crippen LogP contribution in [0.4, 0.5) is 0 Å². The molecule has 1 aromatic heterocycles. The topological polar surface area (TPSA) is 95.2 Å². The van der Waals surface area contributed by atoms with Crippen LogP contribution < -0.4 is 19.6 Å². The first kappa shape index (κ1) is 21.9. The Morgan fingerprint density at radius 2 is 1.74 bits per heavy atom. The van der Waals surface area contributed by atoms with Crippen molar-refractivity contribution in [3.8, 4) is 34.1 Å². The van der Waals surface area contributed by atoms with Crippen molar-refractivity contribution in [1.82, 2.24) is 0 Å². The van der Waals surface area contributed by atoms with Gasteiger partial charge in [0.2, 0.25) is 5.43 Å². The van der Waals surface area contributed by atoms with E-state index < -0.39 is 17.3 Å². The molecule has 0 unspecified atom stereocenters. The summed E-state index contributed by atoms with van der Waals surface area (Å²) in [5.41, 5.74) is 1.86. The highest BCUT2D eigenvalue weighted by molar-refractivity contribution is 6.30. The second-order valence-corrected chi connectivity index (χ2v) is 8.28. The number of carbonyl (C=O) groups is 1. The predicted molar refractivity (Wildman–Crippen MR) is 126 cm³/mol. The van der Waals surface area contributed by atoms with Gasteiger partial charge >= 0.3 is 5.97 Å². The number of esters is 1. The second kappa shape index (κ2) is 8.43. The maximum Gasteiger partial charge on any atom is 0.312 e. The van der Waals surface area contributed by atoms with Crippen molar-refractivity contribution in [3.05, 3.63) is 81.2 Å². The molecule has 3 aromatic carbocycles. The lowest BCUT2D eigenvalue weighted by atomic mass is 9.84.